The molecule has 0 radical (unpaired) electrons. The zero-order valence-corrected chi connectivity index (χ0v) is 9.79. The highest BCUT2D eigenvalue weighted by atomic mass is 32.1. The molecule has 0 atom stereocenters. The molecule has 2 rings (SSSR count). The second kappa shape index (κ2) is 5.19. The summed E-state index contributed by atoms with van der Waals surface area (Å²) >= 11 is 5.04. The first kappa shape index (κ1) is 11.9. The van der Waals surface area contributed by atoms with E-state index in [9.17, 15) is 10.1 Å². The molecule has 0 spiro atoms. The standard InChI is InChI=1S/C9H8N6O2S/c16-15(17)8-3-1-7(2-4-8)12-9(18)13-14-5-10-11-6-14/h1-6H,(H2,12,13,18). The van der Waals surface area contributed by atoms with E-state index in [-0.39, 0.29) is 5.69 Å². The van der Waals surface area contributed by atoms with Crippen molar-refractivity contribution in [2.75, 3.05) is 10.7 Å². The van der Waals surface area contributed by atoms with Gasteiger partial charge in [0.1, 0.15) is 12.7 Å². The first-order valence-electron chi connectivity index (χ1n) is 4.82. The maximum atomic E-state index is 10.5. The van der Waals surface area contributed by atoms with Crippen LogP contribution in [0.1, 0.15) is 0 Å². The van der Waals surface area contributed by atoms with Crippen molar-refractivity contribution in [3.8, 4) is 0 Å². The number of aromatic nitrogens is 3. The van der Waals surface area contributed by atoms with Crippen LogP contribution in [0.5, 0.6) is 0 Å². The van der Waals surface area contributed by atoms with Gasteiger partial charge in [-0.2, -0.15) is 0 Å². The van der Waals surface area contributed by atoms with Crippen LogP contribution in [0.2, 0.25) is 0 Å². The molecule has 2 N–H and O–H groups in total. The number of nitrogens with one attached hydrogen (secondary N) is 2. The Balaban J connectivity index is 1.97. The van der Waals surface area contributed by atoms with Crippen LogP contribution in [0, 0.1) is 10.1 Å². The summed E-state index contributed by atoms with van der Waals surface area (Å²) in [6.45, 7) is 0. The fraction of sp³-hybridized carbons (Fsp3) is 0. The molecular weight excluding hydrogens is 256 g/mol. The lowest BCUT2D eigenvalue weighted by Gasteiger charge is -2.09. The first-order valence-corrected chi connectivity index (χ1v) is 5.23. The molecule has 2 aromatic rings. The van der Waals surface area contributed by atoms with Gasteiger partial charge in [-0.15, -0.1) is 10.2 Å². The average Bonchev–Trinajstić information content (AvgIpc) is 2.82. The predicted octanol–water partition coefficient (Wildman–Crippen LogP) is 1.13. The topological polar surface area (TPSA) is 97.9 Å². The van der Waals surface area contributed by atoms with Gasteiger partial charge in [-0.3, -0.25) is 15.5 Å². The van der Waals surface area contributed by atoms with Crippen LogP contribution in [0.4, 0.5) is 11.4 Å². The third kappa shape index (κ3) is 2.98. The fourth-order valence-electron chi connectivity index (χ4n) is 1.20. The van der Waals surface area contributed by atoms with E-state index in [1.807, 2.05) is 0 Å². The monoisotopic (exact) mass is 264 g/mol. The maximum absolute atomic E-state index is 10.5. The first-order chi connectivity index (χ1) is 8.65. The van der Waals surface area contributed by atoms with Crippen molar-refractivity contribution in [3.05, 3.63) is 47.0 Å². The molecule has 0 bridgehead atoms. The predicted molar refractivity (Wildman–Crippen MR) is 68.7 cm³/mol. The molecule has 0 fully saturated rings. The summed E-state index contributed by atoms with van der Waals surface area (Å²) in [7, 11) is 0. The Kier molecular flexibility index (Phi) is 3.44. The molecule has 1 heterocycles. The summed E-state index contributed by atoms with van der Waals surface area (Å²) in [4.78, 5) is 10.0. The summed E-state index contributed by atoms with van der Waals surface area (Å²) in [5, 5.41) is 20.9. The highest BCUT2D eigenvalue weighted by Crippen LogP contribution is 2.15. The molecule has 18 heavy (non-hydrogen) atoms. The van der Waals surface area contributed by atoms with E-state index in [1.54, 1.807) is 12.1 Å². The largest absolute Gasteiger partial charge is 0.331 e. The number of nitrogens with zero attached hydrogens (tertiary/aromatic N) is 4. The van der Waals surface area contributed by atoms with E-state index < -0.39 is 4.92 Å². The normalized spacial score (nSPS) is 9.78. The number of benzene rings is 1. The smallest absolute Gasteiger partial charge is 0.269 e. The molecule has 9 heteroatoms. The number of nitro groups is 1. The van der Waals surface area contributed by atoms with Crippen molar-refractivity contribution in [1.82, 2.24) is 14.9 Å². The van der Waals surface area contributed by atoms with Crippen LogP contribution < -0.4 is 10.7 Å². The number of hydrogen-bond acceptors (Lipinski definition) is 5. The van der Waals surface area contributed by atoms with Gasteiger partial charge in [0, 0.05) is 17.8 Å². The third-order valence-corrected chi connectivity index (χ3v) is 2.18. The molecule has 0 saturated carbocycles. The molecule has 0 saturated heterocycles. The lowest BCUT2D eigenvalue weighted by molar-refractivity contribution is -0.384. The van der Waals surface area contributed by atoms with Gasteiger partial charge in [-0.05, 0) is 24.4 Å². The van der Waals surface area contributed by atoms with Gasteiger partial charge in [-0.1, -0.05) is 0 Å². The molecule has 0 unspecified atom stereocenters. The maximum Gasteiger partial charge on any atom is 0.269 e. The zero-order valence-electron chi connectivity index (χ0n) is 8.98. The second-order valence-corrected chi connectivity index (χ2v) is 3.65. The van der Waals surface area contributed by atoms with Crippen molar-refractivity contribution in [3.63, 3.8) is 0 Å². The number of thiocarbonyl (C=S) groups is 1. The van der Waals surface area contributed by atoms with Crippen molar-refractivity contribution >= 4 is 28.7 Å². The lowest BCUT2D eigenvalue weighted by atomic mass is 10.3. The molecule has 8 nitrogen and oxygen atoms in total. The molecule has 1 aromatic heterocycles. The van der Waals surface area contributed by atoms with E-state index in [0.717, 1.165) is 0 Å². The molecule has 1 aromatic carbocycles. The second-order valence-electron chi connectivity index (χ2n) is 3.24. The molecule has 0 aliphatic carbocycles. The molecular formula is C9H8N6O2S. The highest BCUT2D eigenvalue weighted by Gasteiger charge is 2.04. The van der Waals surface area contributed by atoms with Crippen molar-refractivity contribution in [1.29, 1.82) is 0 Å². The summed E-state index contributed by atoms with van der Waals surface area (Å²) < 4.78 is 1.47. The van der Waals surface area contributed by atoms with E-state index in [1.165, 1.54) is 29.5 Å². The average molecular weight is 264 g/mol. The molecule has 0 aliphatic rings. The van der Waals surface area contributed by atoms with Gasteiger partial charge in [0.25, 0.3) is 5.69 Å². The van der Waals surface area contributed by atoms with Crippen LogP contribution in [0.15, 0.2) is 36.9 Å². The quantitative estimate of drug-likeness (QED) is 0.487. The van der Waals surface area contributed by atoms with Crippen LogP contribution in [-0.4, -0.2) is 24.9 Å². The molecule has 0 aliphatic heterocycles. The van der Waals surface area contributed by atoms with Crippen molar-refractivity contribution in [2.45, 2.75) is 0 Å². The summed E-state index contributed by atoms with van der Waals surface area (Å²) in [6, 6.07) is 5.92. The van der Waals surface area contributed by atoms with Crippen LogP contribution >= 0.6 is 12.2 Å². The Labute approximate surface area is 107 Å². The van der Waals surface area contributed by atoms with Gasteiger partial charge in [-0.25, -0.2) is 4.68 Å². The van der Waals surface area contributed by atoms with E-state index in [2.05, 4.69) is 20.9 Å². The third-order valence-electron chi connectivity index (χ3n) is 1.99. The van der Waals surface area contributed by atoms with Crippen LogP contribution in [-0.2, 0) is 0 Å². The van der Waals surface area contributed by atoms with E-state index in [0.29, 0.717) is 10.8 Å². The molecule has 0 amide bonds. The lowest BCUT2D eigenvalue weighted by Crippen LogP contribution is -2.26. The van der Waals surface area contributed by atoms with Crippen molar-refractivity contribution < 1.29 is 4.92 Å². The Morgan fingerprint density at radius 3 is 2.44 bits per heavy atom. The SMILES string of the molecule is O=[N+]([O-])c1ccc(NC(=S)Nn2cnnc2)cc1. The van der Waals surface area contributed by atoms with E-state index in [4.69, 9.17) is 12.2 Å². The Bertz CT molecular complexity index is 553. The number of anilines is 1. The van der Waals surface area contributed by atoms with Gasteiger partial charge >= 0.3 is 0 Å². The van der Waals surface area contributed by atoms with Gasteiger partial charge in [0.05, 0.1) is 4.92 Å². The van der Waals surface area contributed by atoms with Crippen LogP contribution in [0.3, 0.4) is 0 Å². The summed E-state index contributed by atoms with van der Waals surface area (Å²) in [5.41, 5.74) is 3.46. The Morgan fingerprint density at radius 2 is 1.89 bits per heavy atom. The Hall–Kier alpha value is -2.55. The molecule has 92 valence electrons. The van der Waals surface area contributed by atoms with Gasteiger partial charge < -0.3 is 5.32 Å². The summed E-state index contributed by atoms with van der Waals surface area (Å²) in [6.07, 6.45) is 2.90. The van der Waals surface area contributed by atoms with Crippen molar-refractivity contribution in [2.24, 2.45) is 0 Å². The number of nitro benzene ring substituents is 1. The zero-order chi connectivity index (χ0) is 13.0. The highest BCUT2D eigenvalue weighted by molar-refractivity contribution is 7.80. The fourth-order valence-corrected chi connectivity index (χ4v) is 1.42. The minimum atomic E-state index is -0.461. The minimum Gasteiger partial charge on any atom is -0.331 e. The number of hydrogen-bond donors (Lipinski definition) is 2. The Morgan fingerprint density at radius 1 is 1.28 bits per heavy atom. The van der Waals surface area contributed by atoms with Gasteiger partial charge in [0.2, 0.25) is 0 Å². The number of non-ortho nitro benzene ring substituents is 1. The summed E-state index contributed by atoms with van der Waals surface area (Å²) in [5.74, 6) is 0. The minimum absolute atomic E-state index is 0.0261. The number of rotatable bonds is 3. The van der Waals surface area contributed by atoms with Gasteiger partial charge in [0.15, 0.2) is 5.11 Å². The van der Waals surface area contributed by atoms with Crippen LogP contribution in [0.25, 0.3) is 0 Å². The van der Waals surface area contributed by atoms with E-state index >= 15 is 0 Å².